The average Bonchev–Trinajstić information content (AvgIpc) is 3.30. The summed E-state index contributed by atoms with van der Waals surface area (Å²) < 4.78 is 0. The predicted molar refractivity (Wildman–Crippen MR) is 117 cm³/mol. The summed E-state index contributed by atoms with van der Waals surface area (Å²) in [7, 11) is 0. The van der Waals surface area contributed by atoms with Gasteiger partial charge in [-0.1, -0.05) is 40.2 Å². The van der Waals surface area contributed by atoms with E-state index < -0.39 is 5.60 Å². The zero-order valence-electron chi connectivity index (χ0n) is 19.5. The minimum absolute atomic E-state index is 0.0897. The zero-order chi connectivity index (χ0) is 20.9. The van der Waals surface area contributed by atoms with Gasteiger partial charge in [-0.3, -0.25) is 0 Å². The Kier molecular flexibility index (Phi) is 4.29. The predicted octanol–water partition coefficient (Wildman–Crippen LogP) is 6.06. The first-order valence-corrected chi connectivity index (χ1v) is 13.0. The fraction of sp³-hybridized carbons (Fsp3) is 0.926. The van der Waals surface area contributed by atoms with Crippen molar-refractivity contribution in [3.8, 4) is 0 Å². The molecule has 1 N–H and O–H groups in total. The molecule has 2 aliphatic heterocycles. The van der Waals surface area contributed by atoms with Crippen molar-refractivity contribution in [2.24, 2.45) is 46.3 Å². The molecule has 30 heavy (non-hydrogen) atoms. The van der Waals surface area contributed by atoms with Gasteiger partial charge < -0.3 is 5.11 Å². The van der Waals surface area contributed by atoms with E-state index >= 15 is 0 Å². The summed E-state index contributed by atoms with van der Waals surface area (Å²) in [6.45, 7) is 10.00. The van der Waals surface area contributed by atoms with E-state index in [0.717, 1.165) is 36.5 Å². The Bertz CT molecular complexity index is 748. The third kappa shape index (κ3) is 2.44. The Balaban J connectivity index is 1.29. The molecule has 0 amide bonds. The Labute approximate surface area is 182 Å². The lowest BCUT2D eigenvalue weighted by Gasteiger charge is -2.69. The van der Waals surface area contributed by atoms with Crippen molar-refractivity contribution >= 4 is 0 Å². The number of fused-ring (bicyclic) bond motifs is 2. The first-order valence-electron chi connectivity index (χ1n) is 13.0. The first-order chi connectivity index (χ1) is 14.2. The summed E-state index contributed by atoms with van der Waals surface area (Å²) in [6.07, 6.45) is 16.7. The van der Waals surface area contributed by atoms with Gasteiger partial charge in [-0.15, -0.1) is 0 Å². The van der Waals surface area contributed by atoms with Crippen LogP contribution < -0.4 is 0 Å². The van der Waals surface area contributed by atoms with Crippen LogP contribution in [0.3, 0.4) is 0 Å². The van der Waals surface area contributed by atoms with Crippen LogP contribution in [0.1, 0.15) is 91.9 Å². The van der Waals surface area contributed by atoms with Crippen LogP contribution in [0.2, 0.25) is 0 Å². The monoisotopic (exact) mass is 414 g/mol. The quantitative estimate of drug-likeness (QED) is 0.449. The van der Waals surface area contributed by atoms with Crippen LogP contribution in [0.5, 0.6) is 0 Å². The van der Waals surface area contributed by atoms with Crippen molar-refractivity contribution in [3.63, 3.8) is 0 Å². The molecule has 5 aliphatic carbocycles. The highest BCUT2D eigenvalue weighted by Crippen LogP contribution is 2.72. The topological polar surface area (TPSA) is 38.7 Å². The van der Waals surface area contributed by atoms with Gasteiger partial charge in [0.1, 0.15) is 11.2 Å². The second-order valence-corrected chi connectivity index (χ2v) is 12.9. The standard InChI is InChI=1S/C27H42O3/c1-17(5-6-19-15-18(19)2)21-7-8-22-24(21,3)11-10-23-25(4)12-9-20(28)16-26(25)13-14-27(22,23)30-29-26/h13-14,17-23,28H,5-12,15-16H2,1-4H3/t17?,18-,19+,20+,21-,22-,23-,24-,25-,26-,27+/m1/s1. The molecule has 0 aromatic rings. The lowest BCUT2D eigenvalue weighted by Crippen LogP contribution is -2.73. The summed E-state index contributed by atoms with van der Waals surface area (Å²) in [5, 5.41) is 10.4. The van der Waals surface area contributed by atoms with Crippen molar-refractivity contribution in [1.82, 2.24) is 0 Å². The summed E-state index contributed by atoms with van der Waals surface area (Å²) >= 11 is 0. The maximum Gasteiger partial charge on any atom is 0.130 e. The molecule has 3 heteroatoms. The van der Waals surface area contributed by atoms with Crippen LogP contribution in [0.4, 0.5) is 0 Å². The minimum atomic E-state index is -0.420. The molecule has 3 nitrogen and oxygen atoms in total. The molecule has 7 aliphatic rings. The molecule has 0 aromatic heterocycles. The maximum atomic E-state index is 10.4. The van der Waals surface area contributed by atoms with Gasteiger partial charge in [0.15, 0.2) is 0 Å². The molecule has 1 saturated heterocycles. The van der Waals surface area contributed by atoms with Gasteiger partial charge in [0.2, 0.25) is 0 Å². The van der Waals surface area contributed by atoms with E-state index in [2.05, 4.69) is 39.8 Å². The van der Waals surface area contributed by atoms with Crippen LogP contribution in [-0.4, -0.2) is 22.4 Å². The molecule has 2 heterocycles. The fourth-order valence-corrected chi connectivity index (χ4v) is 9.55. The average molecular weight is 415 g/mol. The Morgan fingerprint density at radius 3 is 2.53 bits per heavy atom. The van der Waals surface area contributed by atoms with E-state index in [4.69, 9.17) is 9.78 Å². The van der Waals surface area contributed by atoms with Gasteiger partial charge >= 0.3 is 0 Å². The zero-order valence-corrected chi connectivity index (χ0v) is 19.5. The molecule has 1 unspecified atom stereocenters. The second kappa shape index (κ2) is 6.35. The van der Waals surface area contributed by atoms with Gasteiger partial charge in [0.05, 0.1) is 6.10 Å². The van der Waals surface area contributed by atoms with Crippen molar-refractivity contribution in [1.29, 1.82) is 0 Å². The molecule has 0 radical (unpaired) electrons. The van der Waals surface area contributed by atoms with Gasteiger partial charge in [-0.05, 0) is 86.5 Å². The summed E-state index contributed by atoms with van der Waals surface area (Å²) in [6, 6.07) is 0. The number of aliphatic hydroxyl groups is 1. The van der Waals surface area contributed by atoms with Crippen LogP contribution in [0.15, 0.2) is 12.2 Å². The molecule has 168 valence electrons. The molecule has 11 atom stereocenters. The molecule has 7 rings (SSSR count). The molecule has 0 aromatic carbocycles. The van der Waals surface area contributed by atoms with E-state index in [9.17, 15) is 5.11 Å². The number of aliphatic hydroxyl groups excluding tert-OH is 1. The Morgan fingerprint density at radius 2 is 1.83 bits per heavy atom. The highest BCUT2D eigenvalue weighted by atomic mass is 17.2. The molecular weight excluding hydrogens is 372 g/mol. The molecule has 2 spiro atoms. The van der Waals surface area contributed by atoms with E-state index in [0.29, 0.717) is 23.7 Å². The van der Waals surface area contributed by atoms with Crippen molar-refractivity contribution in [2.45, 2.75) is 109 Å². The highest BCUT2D eigenvalue weighted by molar-refractivity contribution is 5.33. The fourth-order valence-electron chi connectivity index (χ4n) is 9.55. The highest BCUT2D eigenvalue weighted by Gasteiger charge is 2.74. The van der Waals surface area contributed by atoms with Crippen molar-refractivity contribution in [2.75, 3.05) is 0 Å². The molecule has 5 fully saturated rings. The Morgan fingerprint density at radius 1 is 1.03 bits per heavy atom. The first kappa shape index (κ1) is 20.2. The third-order valence-electron chi connectivity index (χ3n) is 11.6. The van der Waals surface area contributed by atoms with E-state index in [-0.39, 0.29) is 17.1 Å². The summed E-state index contributed by atoms with van der Waals surface area (Å²) in [5.74, 6) is 4.72. The normalized spacial score (nSPS) is 59.4. The van der Waals surface area contributed by atoms with E-state index in [1.807, 2.05) is 0 Å². The lowest BCUT2D eigenvalue weighted by atomic mass is 9.42. The smallest absolute Gasteiger partial charge is 0.130 e. The summed E-state index contributed by atoms with van der Waals surface area (Å²) in [5.41, 5.74) is -0.213. The largest absolute Gasteiger partial charge is 0.393 e. The third-order valence-corrected chi connectivity index (χ3v) is 11.6. The van der Waals surface area contributed by atoms with Gasteiger partial charge in [0, 0.05) is 23.7 Å². The van der Waals surface area contributed by atoms with Gasteiger partial charge in [-0.2, -0.15) is 0 Å². The summed E-state index contributed by atoms with van der Waals surface area (Å²) in [4.78, 5) is 12.8. The molecule has 2 bridgehead atoms. The number of hydrogen-bond acceptors (Lipinski definition) is 3. The SMILES string of the molecule is CC(CC[C@H]1C[C@H]1C)[C@H]1CC[C@@H]2[C@]1(C)CC[C@H]1[C@]23C=C[C@]2(C[C@@H](O)CC[C@]12C)OO3. The van der Waals surface area contributed by atoms with Crippen molar-refractivity contribution in [3.05, 3.63) is 12.2 Å². The van der Waals surface area contributed by atoms with Crippen LogP contribution in [0.25, 0.3) is 0 Å². The van der Waals surface area contributed by atoms with Crippen LogP contribution in [0, 0.1) is 46.3 Å². The van der Waals surface area contributed by atoms with Crippen LogP contribution >= 0.6 is 0 Å². The van der Waals surface area contributed by atoms with Crippen LogP contribution in [-0.2, 0) is 9.78 Å². The lowest BCUT2D eigenvalue weighted by molar-refractivity contribution is -0.497. The molecule has 4 saturated carbocycles. The number of rotatable bonds is 4. The minimum Gasteiger partial charge on any atom is -0.393 e. The maximum absolute atomic E-state index is 10.4. The molecular formula is C27H42O3. The van der Waals surface area contributed by atoms with E-state index in [1.165, 1.54) is 44.9 Å². The van der Waals surface area contributed by atoms with Crippen molar-refractivity contribution < 1.29 is 14.9 Å². The van der Waals surface area contributed by atoms with E-state index in [1.54, 1.807) is 0 Å². The Hall–Kier alpha value is -0.380. The number of hydrogen-bond donors (Lipinski definition) is 1. The second-order valence-electron chi connectivity index (χ2n) is 12.9. The van der Waals surface area contributed by atoms with Gasteiger partial charge in [-0.25, -0.2) is 9.78 Å². The van der Waals surface area contributed by atoms with Gasteiger partial charge in [0.25, 0.3) is 0 Å².